The Morgan fingerprint density at radius 2 is 2.00 bits per heavy atom. The molecule has 0 saturated heterocycles. The molecule has 1 saturated carbocycles. The van der Waals surface area contributed by atoms with Crippen molar-refractivity contribution in [1.29, 1.82) is 0 Å². The third-order valence-electron chi connectivity index (χ3n) is 1.64. The van der Waals surface area contributed by atoms with Crippen LogP contribution in [0.1, 0.15) is 19.3 Å². The second-order valence-electron chi connectivity index (χ2n) is 2.49. The highest BCUT2D eigenvalue weighted by molar-refractivity contribution is 6.50. The fourth-order valence-corrected chi connectivity index (χ4v) is 1.65. The highest BCUT2D eigenvalue weighted by Crippen LogP contribution is 2.55. The van der Waals surface area contributed by atoms with E-state index in [1.165, 1.54) is 0 Å². The van der Waals surface area contributed by atoms with Crippen molar-refractivity contribution in [3.8, 4) is 0 Å². The van der Waals surface area contributed by atoms with Gasteiger partial charge >= 0.3 is 0 Å². The second kappa shape index (κ2) is 2.86. The summed E-state index contributed by atoms with van der Waals surface area (Å²) in [6, 6.07) is 0. The molecular formula is C6H9Cl3. The third kappa shape index (κ3) is 2.18. The Kier molecular flexibility index (Phi) is 2.53. The number of rotatable bonds is 3. The van der Waals surface area contributed by atoms with E-state index in [1.54, 1.807) is 0 Å². The molecule has 0 amide bonds. The summed E-state index contributed by atoms with van der Waals surface area (Å²) in [6.07, 6.45) is 3.07. The molecule has 0 bridgehead atoms. The third-order valence-corrected chi connectivity index (χ3v) is 2.84. The molecule has 0 nitrogen and oxygen atoms in total. The van der Waals surface area contributed by atoms with Crippen LogP contribution in [0.3, 0.4) is 0 Å². The molecule has 0 aromatic carbocycles. The lowest BCUT2D eigenvalue weighted by molar-refractivity contribution is 0.704. The Bertz CT molecular complexity index is 100. The lowest BCUT2D eigenvalue weighted by Gasteiger charge is -1.95. The first-order valence-electron chi connectivity index (χ1n) is 3.10. The van der Waals surface area contributed by atoms with Crippen molar-refractivity contribution in [2.24, 2.45) is 5.92 Å². The highest BCUT2D eigenvalue weighted by atomic mass is 35.5. The molecule has 1 atom stereocenters. The van der Waals surface area contributed by atoms with Crippen LogP contribution >= 0.6 is 34.8 Å². The SMILES string of the molecule is ClCCCC1CC1(Cl)Cl. The average Bonchev–Trinajstić information content (AvgIpc) is 2.35. The Balaban J connectivity index is 2.06. The minimum Gasteiger partial charge on any atom is -0.127 e. The van der Waals surface area contributed by atoms with E-state index in [0.29, 0.717) is 5.92 Å². The zero-order chi connectivity index (χ0) is 6.91. The van der Waals surface area contributed by atoms with Crippen LogP contribution in [0.4, 0.5) is 0 Å². The molecule has 1 aliphatic carbocycles. The largest absolute Gasteiger partial charge is 0.127 e. The van der Waals surface area contributed by atoms with Gasteiger partial charge in [0.15, 0.2) is 0 Å². The summed E-state index contributed by atoms with van der Waals surface area (Å²) in [5.41, 5.74) is 0. The molecule has 1 aliphatic rings. The van der Waals surface area contributed by atoms with Crippen LogP contribution in [0.5, 0.6) is 0 Å². The van der Waals surface area contributed by atoms with Gasteiger partial charge in [0, 0.05) is 5.88 Å². The van der Waals surface area contributed by atoms with E-state index in [1.807, 2.05) is 0 Å². The Labute approximate surface area is 70.5 Å². The van der Waals surface area contributed by atoms with Gasteiger partial charge in [-0.05, 0) is 25.2 Å². The topological polar surface area (TPSA) is 0 Å². The minimum absolute atomic E-state index is 0.397. The van der Waals surface area contributed by atoms with E-state index in [0.717, 1.165) is 25.1 Å². The van der Waals surface area contributed by atoms with E-state index >= 15 is 0 Å². The van der Waals surface area contributed by atoms with Crippen molar-refractivity contribution in [2.75, 3.05) is 5.88 Å². The zero-order valence-electron chi connectivity index (χ0n) is 5.04. The van der Waals surface area contributed by atoms with Gasteiger partial charge in [0.2, 0.25) is 0 Å². The van der Waals surface area contributed by atoms with Crippen LogP contribution in [0.25, 0.3) is 0 Å². The van der Waals surface area contributed by atoms with E-state index < -0.39 is 4.33 Å². The fourth-order valence-electron chi connectivity index (χ4n) is 0.906. The van der Waals surface area contributed by atoms with E-state index in [9.17, 15) is 0 Å². The highest BCUT2D eigenvalue weighted by Gasteiger charge is 2.50. The maximum Gasteiger partial charge on any atom is 0.121 e. The van der Waals surface area contributed by atoms with E-state index in [2.05, 4.69) is 0 Å². The zero-order valence-corrected chi connectivity index (χ0v) is 7.31. The summed E-state index contributed by atoms with van der Waals surface area (Å²) in [6.45, 7) is 0. The van der Waals surface area contributed by atoms with Gasteiger partial charge in [0.25, 0.3) is 0 Å². The first kappa shape index (κ1) is 7.97. The number of alkyl halides is 3. The Morgan fingerprint density at radius 1 is 1.44 bits per heavy atom. The first-order valence-corrected chi connectivity index (χ1v) is 4.39. The first-order chi connectivity index (χ1) is 4.17. The summed E-state index contributed by atoms with van der Waals surface area (Å²) in [5, 5.41) is 0. The van der Waals surface area contributed by atoms with E-state index in [4.69, 9.17) is 34.8 Å². The molecule has 1 unspecified atom stereocenters. The van der Waals surface area contributed by atoms with E-state index in [-0.39, 0.29) is 0 Å². The molecule has 0 heterocycles. The monoisotopic (exact) mass is 186 g/mol. The Morgan fingerprint density at radius 3 is 2.33 bits per heavy atom. The molecule has 0 spiro atoms. The molecule has 0 aromatic rings. The summed E-state index contributed by atoms with van der Waals surface area (Å²) in [5.74, 6) is 1.24. The van der Waals surface area contributed by atoms with Gasteiger partial charge in [-0.15, -0.1) is 34.8 Å². The lowest BCUT2D eigenvalue weighted by Crippen LogP contribution is -1.89. The molecule has 0 radical (unpaired) electrons. The summed E-state index contributed by atoms with van der Waals surface area (Å²) < 4.78 is -0.397. The van der Waals surface area contributed by atoms with Crippen molar-refractivity contribution in [2.45, 2.75) is 23.6 Å². The molecule has 0 aromatic heterocycles. The van der Waals surface area contributed by atoms with Gasteiger partial charge in [-0.2, -0.15) is 0 Å². The molecule has 54 valence electrons. The summed E-state index contributed by atoms with van der Waals surface area (Å²) >= 11 is 17.0. The maximum absolute atomic E-state index is 5.77. The normalized spacial score (nSPS) is 30.3. The lowest BCUT2D eigenvalue weighted by atomic mass is 10.2. The molecular weight excluding hydrogens is 178 g/mol. The van der Waals surface area contributed by atoms with Gasteiger partial charge in [0.05, 0.1) is 0 Å². The van der Waals surface area contributed by atoms with Gasteiger partial charge in [-0.25, -0.2) is 0 Å². The van der Waals surface area contributed by atoms with Crippen molar-refractivity contribution in [3.05, 3.63) is 0 Å². The van der Waals surface area contributed by atoms with Crippen LogP contribution in [0.15, 0.2) is 0 Å². The van der Waals surface area contributed by atoms with Crippen molar-refractivity contribution in [1.82, 2.24) is 0 Å². The van der Waals surface area contributed by atoms with Crippen LogP contribution in [0.2, 0.25) is 0 Å². The fraction of sp³-hybridized carbons (Fsp3) is 1.00. The molecule has 0 aliphatic heterocycles. The number of hydrogen-bond donors (Lipinski definition) is 0. The second-order valence-corrected chi connectivity index (χ2v) is 4.41. The predicted octanol–water partition coefficient (Wildman–Crippen LogP) is 3.20. The predicted molar refractivity (Wildman–Crippen MR) is 42.5 cm³/mol. The molecule has 0 N–H and O–H groups in total. The molecule has 1 rings (SSSR count). The van der Waals surface area contributed by atoms with Crippen molar-refractivity contribution < 1.29 is 0 Å². The van der Waals surface area contributed by atoms with Crippen LogP contribution in [-0.2, 0) is 0 Å². The van der Waals surface area contributed by atoms with Crippen LogP contribution < -0.4 is 0 Å². The quantitative estimate of drug-likeness (QED) is 0.595. The van der Waals surface area contributed by atoms with Crippen LogP contribution in [-0.4, -0.2) is 10.2 Å². The molecule has 3 heteroatoms. The standard InChI is InChI=1S/C6H9Cl3/c7-3-1-2-5-4-6(5,8)9/h5H,1-4H2. The van der Waals surface area contributed by atoms with Gasteiger partial charge < -0.3 is 0 Å². The van der Waals surface area contributed by atoms with Gasteiger partial charge in [0.1, 0.15) is 4.33 Å². The summed E-state index contributed by atoms with van der Waals surface area (Å²) in [7, 11) is 0. The maximum atomic E-state index is 5.77. The van der Waals surface area contributed by atoms with Gasteiger partial charge in [-0.1, -0.05) is 0 Å². The number of hydrogen-bond acceptors (Lipinski definition) is 0. The number of halogens is 3. The Hall–Kier alpha value is 0.870. The average molecular weight is 187 g/mol. The summed E-state index contributed by atoms with van der Waals surface area (Å²) in [4.78, 5) is 0. The minimum atomic E-state index is -0.397. The van der Waals surface area contributed by atoms with Crippen LogP contribution in [0, 0.1) is 5.92 Å². The molecule has 9 heavy (non-hydrogen) atoms. The van der Waals surface area contributed by atoms with Gasteiger partial charge in [-0.3, -0.25) is 0 Å². The smallest absolute Gasteiger partial charge is 0.121 e. The van der Waals surface area contributed by atoms with Crippen molar-refractivity contribution >= 4 is 34.8 Å². The van der Waals surface area contributed by atoms with Crippen molar-refractivity contribution in [3.63, 3.8) is 0 Å². The molecule has 1 fully saturated rings.